The van der Waals surface area contributed by atoms with Crippen LogP contribution < -0.4 is 15.1 Å². The van der Waals surface area contributed by atoms with Gasteiger partial charge in [0, 0.05) is 23.0 Å². The second kappa shape index (κ2) is 8.30. The van der Waals surface area contributed by atoms with Gasteiger partial charge in [-0.2, -0.15) is 0 Å². The standard InChI is InChI=1S/C20H21Cl2N3O2/c1-13-9-19(26)23-17-5-3-4-6-18(17)25(13)20(27)12-24(2)11-14-7-8-15(21)10-16(14)22/h3-8,10,13H,9,11-12H2,1-2H3,(H,23,26)/p+1/t13-/m0/s1. The monoisotopic (exact) mass is 406 g/mol. The van der Waals surface area contributed by atoms with Crippen molar-refractivity contribution in [2.75, 3.05) is 23.8 Å². The van der Waals surface area contributed by atoms with Gasteiger partial charge in [-0.3, -0.25) is 9.59 Å². The highest BCUT2D eigenvalue weighted by Gasteiger charge is 2.31. The highest BCUT2D eigenvalue weighted by atomic mass is 35.5. The van der Waals surface area contributed by atoms with E-state index in [0.29, 0.717) is 22.3 Å². The zero-order valence-electron chi connectivity index (χ0n) is 15.3. The molecule has 1 heterocycles. The first-order valence-electron chi connectivity index (χ1n) is 8.81. The van der Waals surface area contributed by atoms with Crippen LogP contribution in [0, 0.1) is 0 Å². The van der Waals surface area contributed by atoms with Crippen molar-refractivity contribution < 1.29 is 14.5 Å². The van der Waals surface area contributed by atoms with Crippen molar-refractivity contribution in [1.29, 1.82) is 0 Å². The van der Waals surface area contributed by atoms with Crippen LogP contribution in [0.25, 0.3) is 0 Å². The van der Waals surface area contributed by atoms with Gasteiger partial charge in [0.05, 0.1) is 23.4 Å². The Hall–Kier alpha value is -2.08. The van der Waals surface area contributed by atoms with E-state index in [1.807, 2.05) is 44.3 Å². The van der Waals surface area contributed by atoms with Crippen molar-refractivity contribution in [3.05, 3.63) is 58.1 Å². The van der Waals surface area contributed by atoms with Gasteiger partial charge in [0.15, 0.2) is 6.54 Å². The summed E-state index contributed by atoms with van der Waals surface area (Å²) in [5.41, 5.74) is 2.34. The maximum atomic E-state index is 13.1. The Balaban J connectivity index is 1.77. The fourth-order valence-corrected chi connectivity index (χ4v) is 3.84. The normalized spacial score (nSPS) is 17.7. The lowest BCUT2D eigenvalue weighted by Gasteiger charge is -2.28. The SMILES string of the molecule is C[C@H]1CC(=O)Nc2ccccc2N1C(=O)C[NH+](C)Cc1ccc(Cl)cc1Cl. The van der Waals surface area contributed by atoms with E-state index in [4.69, 9.17) is 23.2 Å². The van der Waals surface area contributed by atoms with Crippen LogP contribution in [-0.2, 0) is 16.1 Å². The predicted molar refractivity (Wildman–Crippen MR) is 109 cm³/mol. The number of nitrogens with one attached hydrogen (secondary N) is 2. The first-order chi connectivity index (χ1) is 12.8. The van der Waals surface area contributed by atoms with Crippen molar-refractivity contribution in [3.63, 3.8) is 0 Å². The van der Waals surface area contributed by atoms with Gasteiger partial charge >= 0.3 is 0 Å². The largest absolute Gasteiger partial charge is 0.326 e. The van der Waals surface area contributed by atoms with Gasteiger partial charge in [-0.05, 0) is 31.2 Å². The van der Waals surface area contributed by atoms with Crippen LogP contribution in [-0.4, -0.2) is 31.4 Å². The lowest BCUT2D eigenvalue weighted by molar-refractivity contribution is -0.885. The molecule has 2 aromatic rings. The second-order valence-electron chi connectivity index (χ2n) is 6.93. The van der Waals surface area contributed by atoms with E-state index in [1.54, 1.807) is 17.0 Å². The van der Waals surface area contributed by atoms with Crippen LogP contribution in [0.15, 0.2) is 42.5 Å². The van der Waals surface area contributed by atoms with Crippen molar-refractivity contribution in [2.24, 2.45) is 0 Å². The summed E-state index contributed by atoms with van der Waals surface area (Å²) in [4.78, 5) is 27.9. The zero-order chi connectivity index (χ0) is 19.6. The third-order valence-electron chi connectivity index (χ3n) is 4.59. The molecule has 1 aliphatic heterocycles. The smallest absolute Gasteiger partial charge is 0.282 e. The van der Waals surface area contributed by atoms with Crippen molar-refractivity contribution in [1.82, 2.24) is 0 Å². The second-order valence-corrected chi connectivity index (χ2v) is 7.77. The molecule has 1 aliphatic rings. The van der Waals surface area contributed by atoms with E-state index in [0.717, 1.165) is 16.2 Å². The lowest BCUT2D eigenvalue weighted by atomic mass is 10.1. The molecule has 3 rings (SSSR count). The predicted octanol–water partition coefficient (Wildman–Crippen LogP) is 2.77. The number of likely N-dealkylation sites (N-methyl/N-ethyl adjacent to an activating group) is 1. The Morgan fingerprint density at radius 3 is 2.74 bits per heavy atom. The molecule has 0 fully saturated rings. The van der Waals surface area contributed by atoms with Gasteiger partial charge < -0.3 is 15.1 Å². The molecular formula is C20H22Cl2N3O2+. The number of benzene rings is 2. The number of fused-ring (bicyclic) bond motifs is 1. The molecule has 5 nitrogen and oxygen atoms in total. The first-order valence-corrected chi connectivity index (χ1v) is 9.57. The number of quaternary nitrogens is 1. The van der Waals surface area contributed by atoms with Crippen LogP contribution in [0.1, 0.15) is 18.9 Å². The average molecular weight is 407 g/mol. The molecule has 0 aliphatic carbocycles. The summed E-state index contributed by atoms with van der Waals surface area (Å²) in [5, 5.41) is 4.06. The van der Waals surface area contributed by atoms with Gasteiger partial charge in [0.1, 0.15) is 6.54 Å². The number of carbonyl (C=O) groups excluding carboxylic acids is 2. The van der Waals surface area contributed by atoms with Crippen LogP contribution in [0.5, 0.6) is 0 Å². The number of halogens is 2. The Morgan fingerprint density at radius 1 is 1.26 bits per heavy atom. The van der Waals surface area contributed by atoms with Gasteiger partial charge in [-0.1, -0.05) is 41.4 Å². The summed E-state index contributed by atoms with van der Waals surface area (Å²) in [6.07, 6.45) is 0.266. The molecule has 0 bridgehead atoms. The maximum absolute atomic E-state index is 13.1. The van der Waals surface area contributed by atoms with E-state index in [-0.39, 0.29) is 30.8 Å². The summed E-state index contributed by atoms with van der Waals surface area (Å²) in [5.74, 6) is -0.118. The summed E-state index contributed by atoms with van der Waals surface area (Å²) >= 11 is 12.2. The summed E-state index contributed by atoms with van der Waals surface area (Å²) in [6.45, 7) is 2.78. The number of para-hydroxylation sites is 2. The van der Waals surface area contributed by atoms with Gasteiger partial charge in [-0.25, -0.2) is 0 Å². The van der Waals surface area contributed by atoms with Gasteiger partial charge in [-0.15, -0.1) is 0 Å². The number of hydrogen-bond donors (Lipinski definition) is 2. The Bertz CT molecular complexity index is 872. The Labute approximate surface area is 168 Å². The van der Waals surface area contributed by atoms with Crippen LogP contribution in [0.4, 0.5) is 11.4 Å². The van der Waals surface area contributed by atoms with E-state index >= 15 is 0 Å². The molecular weight excluding hydrogens is 385 g/mol. The lowest BCUT2D eigenvalue weighted by Crippen LogP contribution is -3.09. The molecule has 142 valence electrons. The van der Waals surface area contributed by atoms with Crippen molar-refractivity contribution >= 4 is 46.4 Å². The minimum atomic E-state index is -0.215. The fourth-order valence-electron chi connectivity index (χ4n) is 3.36. The summed E-state index contributed by atoms with van der Waals surface area (Å²) in [6, 6.07) is 12.6. The topological polar surface area (TPSA) is 53.9 Å². The molecule has 7 heteroatoms. The van der Waals surface area contributed by atoms with Gasteiger partial charge in [0.25, 0.3) is 5.91 Å². The number of amides is 2. The molecule has 0 radical (unpaired) electrons. The highest BCUT2D eigenvalue weighted by molar-refractivity contribution is 6.35. The fraction of sp³-hybridized carbons (Fsp3) is 0.300. The number of hydrogen-bond acceptors (Lipinski definition) is 2. The molecule has 2 atom stereocenters. The van der Waals surface area contributed by atoms with E-state index in [9.17, 15) is 9.59 Å². The van der Waals surface area contributed by atoms with Crippen LogP contribution in [0.3, 0.4) is 0 Å². The van der Waals surface area contributed by atoms with Gasteiger partial charge in [0.2, 0.25) is 5.91 Å². The summed E-state index contributed by atoms with van der Waals surface area (Å²) < 4.78 is 0. The van der Waals surface area contributed by atoms with E-state index in [1.165, 1.54) is 0 Å². The first kappa shape index (κ1) is 19.7. The van der Waals surface area contributed by atoms with Crippen LogP contribution >= 0.6 is 23.2 Å². The Morgan fingerprint density at radius 2 is 2.00 bits per heavy atom. The van der Waals surface area contributed by atoms with E-state index in [2.05, 4.69) is 5.32 Å². The molecule has 2 aromatic carbocycles. The number of carbonyl (C=O) groups is 2. The molecule has 0 saturated carbocycles. The number of anilines is 2. The third kappa shape index (κ3) is 4.61. The minimum Gasteiger partial charge on any atom is -0.326 e. The molecule has 1 unspecified atom stereocenters. The molecule has 0 spiro atoms. The number of nitrogens with zero attached hydrogens (tertiary/aromatic N) is 1. The van der Waals surface area contributed by atoms with E-state index < -0.39 is 0 Å². The molecule has 0 saturated heterocycles. The number of rotatable bonds is 4. The van der Waals surface area contributed by atoms with Crippen LogP contribution in [0.2, 0.25) is 10.0 Å². The molecule has 27 heavy (non-hydrogen) atoms. The third-order valence-corrected chi connectivity index (χ3v) is 5.18. The molecule has 0 aromatic heterocycles. The quantitative estimate of drug-likeness (QED) is 0.819. The molecule has 2 N–H and O–H groups in total. The van der Waals surface area contributed by atoms with Crippen molar-refractivity contribution in [3.8, 4) is 0 Å². The summed E-state index contributed by atoms with van der Waals surface area (Å²) in [7, 11) is 1.95. The maximum Gasteiger partial charge on any atom is 0.282 e. The molecule has 2 amide bonds. The average Bonchev–Trinajstić information content (AvgIpc) is 2.71. The highest BCUT2D eigenvalue weighted by Crippen LogP contribution is 2.31. The Kier molecular flexibility index (Phi) is 6.05. The minimum absolute atomic E-state index is 0.0333. The zero-order valence-corrected chi connectivity index (χ0v) is 16.8. The van der Waals surface area contributed by atoms with Crippen molar-refractivity contribution in [2.45, 2.75) is 25.9 Å².